The lowest BCUT2D eigenvalue weighted by molar-refractivity contribution is -0.324. The maximum Gasteiger partial charge on any atom is 0.187 e. The number of rotatable bonds is 16. The zero-order valence-electron chi connectivity index (χ0n) is 24.0. The van der Waals surface area contributed by atoms with Crippen molar-refractivity contribution in [2.45, 2.75) is 110 Å². The first-order valence-electron chi connectivity index (χ1n) is 13.7. The van der Waals surface area contributed by atoms with Crippen molar-refractivity contribution in [2.75, 3.05) is 26.4 Å². The van der Waals surface area contributed by atoms with Gasteiger partial charge in [-0.15, -0.1) is 0 Å². The number of aliphatic hydroxyl groups is 16. The summed E-state index contributed by atoms with van der Waals surface area (Å²) in [5, 5.41) is 151. The first-order chi connectivity index (χ1) is 21.6. The van der Waals surface area contributed by atoms with Crippen molar-refractivity contribution >= 4 is 12.6 Å². The van der Waals surface area contributed by atoms with Gasteiger partial charge in [0.15, 0.2) is 25.2 Å². The van der Waals surface area contributed by atoms with E-state index in [0.717, 1.165) is 0 Å². The summed E-state index contributed by atoms with van der Waals surface area (Å²) in [5.74, 6) is 0. The Morgan fingerprint density at radius 1 is 0.522 bits per heavy atom. The summed E-state index contributed by atoms with van der Waals surface area (Å²) in [7, 11) is 0. The average molecular weight is 685 g/mol. The van der Waals surface area contributed by atoms with Crippen molar-refractivity contribution in [3.8, 4) is 0 Å². The van der Waals surface area contributed by atoms with Gasteiger partial charge in [-0.25, -0.2) is 0 Å². The van der Waals surface area contributed by atoms with Crippen LogP contribution < -0.4 is 0 Å². The van der Waals surface area contributed by atoms with Crippen molar-refractivity contribution in [3.63, 3.8) is 0 Å². The summed E-state index contributed by atoms with van der Waals surface area (Å²) in [6, 6.07) is 0. The molecule has 16 N–H and O–H groups in total. The SMILES string of the molecule is O=C[C@H](O)[C@@H](O[C@@H]1O[C@H](CO)[C@@H](O)[C@H](O)[C@H]1O)[C@H](O)[C@H](O)CO.O=C[C@H](O)[C@@H](O[C@@H]1O[C@H](CO)[C@@H](O)[C@H](O)[C@H]1O)[C@H](O)[C@H](O)CO. The standard InChI is InChI=1S/2C12H22O11/c2*13-1-4(16)7(18)11(5(17)2-14)23-12-10(21)9(20)8(19)6(3-15)22-12/h2*2,4-13,15-21H,1,3H2/t2*4-,5+,6-,7-,8-,9+,10-,11-,12+/m11/s1. The van der Waals surface area contributed by atoms with Crippen molar-refractivity contribution in [1.29, 1.82) is 0 Å². The molecule has 0 aromatic heterocycles. The Kier molecular flexibility index (Phi) is 18.6. The van der Waals surface area contributed by atoms with E-state index in [1.165, 1.54) is 0 Å². The number of aliphatic hydroxyl groups excluding tert-OH is 16. The molecule has 2 aliphatic rings. The molecule has 46 heavy (non-hydrogen) atoms. The van der Waals surface area contributed by atoms with Crippen molar-refractivity contribution in [3.05, 3.63) is 0 Å². The smallest absolute Gasteiger partial charge is 0.187 e. The van der Waals surface area contributed by atoms with E-state index in [1.807, 2.05) is 0 Å². The van der Waals surface area contributed by atoms with Crippen molar-refractivity contribution < 1.29 is 110 Å². The van der Waals surface area contributed by atoms with Crippen LogP contribution in [0.5, 0.6) is 0 Å². The first-order valence-corrected chi connectivity index (χ1v) is 13.7. The summed E-state index contributed by atoms with van der Waals surface area (Å²) < 4.78 is 20.1. The Balaban J connectivity index is 0.000000460. The van der Waals surface area contributed by atoms with Crippen LogP contribution in [0.3, 0.4) is 0 Å². The Labute approximate surface area is 260 Å². The summed E-state index contributed by atoms with van der Waals surface area (Å²) in [6.45, 7) is -3.26. The minimum Gasteiger partial charge on any atom is -0.394 e. The Hall–Kier alpha value is -1.46. The normalized spacial score (nSPS) is 37.0. The number of carbonyl (C=O) groups is 2. The molecule has 0 aliphatic carbocycles. The van der Waals surface area contributed by atoms with Gasteiger partial charge in [-0.1, -0.05) is 0 Å². The molecular formula is C24H44O22. The second kappa shape index (κ2) is 20.1. The fourth-order valence-corrected chi connectivity index (χ4v) is 4.20. The molecule has 22 nitrogen and oxygen atoms in total. The predicted octanol–water partition coefficient (Wildman–Crippen LogP) is -11.1. The second-order valence-corrected chi connectivity index (χ2v) is 10.3. The van der Waals surface area contributed by atoms with Crippen molar-refractivity contribution in [1.82, 2.24) is 0 Å². The lowest BCUT2D eigenvalue weighted by Gasteiger charge is -2.41. The Morgan fingerprint density at radius 3 is 1.07 bits per heavy atom. The van der Waals surface area contributed by atoms with Gasteiger partial charge in [0, 0.05) is 0 Å². The molecule has 2 heterocycles. The van der Waals surface area contributed by atoms with Gasteiger partial charge in [-0.2, -0.15) is 0 Å². The largest absolute Gasteiger partial charge is 0.394 e. The molecule has 0 aromatic rings. The van der Waals surface area contributed by atoms with Crippen molar-refractivity contribution in [2.24, 2.45) is 0 Å². The molecule has 22 heteroatoms. The van der Waals surface area contributed by atoms with Crippen LogP contribution in [0, 0.1) is 0 Å². The minimum atomic E-state index is -1.95. The summed E-state index contributed by atoms with van der Waals surface area (Å²) in [6.07, 6.45) is -31.4. The van der Waals surface area contributed by atoms with E-state index >= 15 is 0 Å². The maximum atomic E-state index is 10.7. The van der Waals surface area contributed by atoms with Crippen LogP contribution in [-0.4, -0.2) is 231 Å². The molecule has 2 saturated heterocycles. The third-order valence-corrected chi connectivity index (χ3v) is 7.07. The van der Waals surface area contributed by atoms with Crippen LogP contribution in [-0.2, 0) is 28.5 Å². The third-order valence-electron chi connectivity index (χ3n) is 7.07. The van der Waals surface area contributed by atoms with Gasteiger partial charge in [-0.3, -0.25) is 0 Å². The highest BCUT2D eigenvalue weighted by molar-refractivity contribution is 5.57. The topological polar surface area (TPSA) is 395 Å². The van der Waals surface area contributed by atoms with Gasteiger partial charge >= 0.3 is 0 Å². The number of aldehydes is 2. The van der Waals surface area contributed by atoms with Gasteiger partial charge in [0.05, 0.1) is 26.4 Å². The Morgan fingerprint density at radius 2 is 0.826 bits per heavy atom. The summed E-state index contributed by atoms with van der Waals surface area (Å²) in [5.41, 5.74) is 0. The van der Waals surface area contributed by atoms with Gasteiger partial charge in [-0.05, 0) is 0 Å². The molecule has 2 aliphatic heterocycles. The highest BCUT2D eigenvalue weighted by Crippen LogP contribution is 2.26. The van der Waals surface area contributed by atoms with Crippen LogP contribution in [0.4, 0.5) is 0 Å². The van der Waals surface area contributed by atoms with E-state index in [9.17, 15) is 70.9 Å². The van der Waals surface area contributed by atoms with Crippen LogP contribution in [0.25, 0.3) is 0 Å². The summed E-state index contributed by atoms with van der Waals surface area (Å²) in [4.78, 5) is 21.4. The van der Waals surface area contributed by atoms with E-state index in [2.05, 4.69) is 0 Å². The Bertz CT molecular complexity index is 798. The third kappa shape index (κ3) is 10.8. The fourth-order valence-electron chi connectivity index (χ4n) is 4.20. The fraction of sp³-hybridized carbons (Fsp3) is 0.917. The number of hydrogen-bond donors (Lipinski definition) is 16. The monoisotopic (exact) mass is 684 g/mol. The highest BCUT2D eigenvalue weighted by atomic mass is 16.7. The lowest BCUT2D eigenvalue weighted by atomic mass is 9.98. The van der Waals surface area contributed by atoms with E-state index < -0.39 is 137 Å². The minimum absolute atomic E-state index is 0.0119. The van der Waals surface area contributed by atoms with Crippen LogP contribution >= 0.6 is 0 Å². The molecule has 0 bridgehead atoms. The first kappa shape index (κ1) is 42.6. The van der Waals surface area contributed by atoms with Gasteiger partial charge in [0.1, 0.15) is 97.7 Å². The summed E-state index contributed by atoms with van der Waals surface area (Å²) >= 11 is 0. The van der Waals surface area contributed by atoms with Crippen LogP contribution in [0.1, 0.15) is 0 Å². The van der Waals surface area contributed by atoms with Crippen LogP contribution in [0.15, 0.2) is 0 Å². The van der Waals surface area contributed by atoms with Gasteiger partial charge < -0.3 is 110 Å². The number of hydrogen-bond acceptors (Lipinski definition) is 22. The quantitative estimate of drug-likeness (QED) is 0.0671. The molecule has 0 amide bonds. The molecule has 2 rings (SSSR count). The van der Waals surface area contributed by atoms with E-state index in [0.29, 0.717) is 0 Å². The zero-order valence-corrected chi connectivity index (χ0v) is 24.0. The lowest BCUT2D eigenvalue weighted by Crippen LogP contribution is -2.61. The zero-order chi connectivity index (χ0) is 35.5. The van der Waals surface area contributed by atoms with E-state index in [-0.39, 0.29) is 12.6 Å². The number of carbonyl (C=O) groups excluding carboxylic acids is 2. The highest BCUT2D eigenvalue weighted by Gasteiger charge is 2.48. The molecule has 0 aromatic carbocycles. The molecular weight excluding hydrogens is 640 g/mol. The molecule has 0 saturated carbocycles. The van der Waals surface area contributed by atoms with Gasteiger partial charge in [0.2, 0.25) is 0 Å². The van der Waals surface area contributed by atoms with E-state index in [4.69, 9.17) is 39.4 Å². The molecule has 272 valence electrons. The molecule has 0 unspecified atom stereocenters. The average Bonchev–Trinajstić information content (AvgIpc) is 3.07. The van der Waals surface area contributed by atoms with Crippen LogP contribution in [0.2, 0.25) is 0 Å². The molecule has 0 radical (unpaired) electrons. The van der Waals surface area contributed by atoms with Gasteiger partial charge in [0.25, 0.3) is 0 Å². The molecule has 0 spiro atoms. The predicted molar refractivity (Wildman–Crippen MR) is 140 cm³/mol. The maximum absolute atomic E-state index is 10.7. The van der Waals surface area contributed by atoms with E-state index in [1.54, 1.807) is 0 Å². The molecule has 2 fully saturated rings. The molecule has 18 atom stereocenters. The number of ether oxygens (including phenoxy) is 4. The second-order valence-electron chi connectivity index (χ2n) is 10.3.